The quantitative estimate of drug-likeness (QED) is 0.815. The second kappa shape index (κ2) is 7.38. The fourth-order valence-electron chi connectivity index (χ4n) is 2.10. The molecule has 5 heteroatoms. The van der Waals surface area contributed by atoms with Gasteiger partial charge in [-0.05, 0) is 48.9 Å². The van der Waals surface area contributed by atoms with Crippen LogP contribution in [-0.2, 0) is 13.0 Å². The van der Waals surface area contributed by atoms with Crippen LogP contribution in [0.4, 0.5) is 8.78 Å². The Morgan fingerprint density at radius 1 is 1.10 bits per heavy atom. The van der Waals surface area contributed by atoms with Crippen molar-refractivity contribution < 1.29 is 13.5 Å². The first kappa shape index (κ1) is 15.7. The average molecular weight is 312 g/mol. The van der Waals surface area contributed by atoms with Gasteiger partial charge in [0.25, 0.3) is 0 Å². The summed E-state index contributed by atoms with van der Waals surface area (Å²) in [5.74, 6) is -0.355. The fourth-order valence-corrected chi connectivity index (χ4v) is 2.29. The summed E-state index contributed by atoms with van der Waals surface area (Å²) in [7, 11) is 1.60. The fraction of sp³-hybridized carbons (Fsp3) is 0.250. The van der Waals surface area contributed by atoms with Gasteiger partial charge >= 0.3 is 0 Å². The summed E-state index contributed by atoms with van der Waals surface area (Å²) in [5, 5.41) is 3.85. The van der Waals surface area contributed by atoms with Gasteiger partial charge in [-0.2, -0.15) is 0 Å². The van der Waals surface area contributed by atoms with E-state index in [4.69, 9.17) is 16.3 Å². The highest BCUT2D eigenvalue weighted by atomic mass is 35.5. The molecule has 2 aromatic carbocycles. The van der Waals surface area contributed by atoms with E-state index in [2.05, 4.69) is 5.32 Å². The molecule has 0 amide bonds. The van der Waals surface area contributed by atoms with Gasteiger partial charge in [-0.25, -0.2) is 8.78 Å². The lowest BCUT2D eigenvalue weighted by molar-refractivity contribution is 0.408. The number of benzene rings is 2. The molecule has 0 heterocycles. The van der Waals surface area contributed by atoms with Gasteiger partial charge < -0.3 is 10.1 Å². The number of nitrogens with one attached hydrogen (secondary N) is 1. The van der Waals surface area contributed by atoms with Crippen LogP contribution in [0.3, 0.4) is 0 Å². The molecule has 1 N–H and O–H groups in total. The summed E-state index contributed by atoms with van der Waals surface area (Å²) in [4.78, 5) is 0. The summed E-state index contributed by atoms with van der Waals surface area (Å²) >= 11 is 5.95. The largest absolute Gasteiger partial charge is 0.496 e. The van der Waals surface area contributed by atoms with Crippen molar-refractivity contribution in [2.45, 2.75) is 13.0 Å². The molecule has 0 spiro atoms. The van der Waals surface area contributed by atoms with Crippen LogP contribution in [-0.4, -0.2) is 13.7 Å². The molecule has 2 rings (SSSR count). The van der Waals surface area contributed by atoms with Gasteiger partial charge in [0, 0.05) is 23.2 Å². The molecule has 0 saturated carbocycles. The van der Waals surface area contributed by atoms with E-state index in [1.165, 1.54) is 12.1 Å². The maximum absolute atomic E-state index is 13.1. The molecule has 0 radical (unpaired) electrons. The molecule has 112 valence electrons. The van der Waals surface area contributed by atoms with Crippen molar-refractivity contribution in [2.75, 3.05) is 13.7 Å². The third kappa shape index (κ3) is 4.69. The minimum Gasteiger partial charge on any atom is -0.496 e. The van der Waals surface area contributed by atoms with Crippen molar-refractivity contribution in [3.63, 3.8) is 0 Å². The van der Waals surface area contributed by atoms with Gasteiger partial charge in [-0.1, -0.05) is 11.6 Å². The van der Waals surface area contributed by atoms with Gasteiger partial charge in [0.05, 0.1) is 7.11 Å². The first-order valence-corrected chi connectivity index (χ1v) is 6.94. The van der Waals surface area contributed by atoms with Crippen molar-refractivity contribution in [1.82, 2.24) is 5.32 Å². The Labute approximate surface area is 127 Å². The Kier molecular flexibility index (Phi) is 5.53. The second-order valence-electron chi connectivity index (χ2n) is 4.66. The van der Waals surface area contributed by atoms with Crippen molar-refractivity contribution in [3.8, 4) is 5.75 Å². The zero-order chi connectivity index (χ0) is 15.2. The van der Waals surface area contributed by atoms with Crippen LogP contribution < -0.4 is 10.1 Å². The van der Waals surface area contributed by atoms with Crippen molar-refractivity contribution >= 4 is 11.6 Å². The molecular weight excluding hydrogens is 296 g/mol. The summed E-state index contributed by atoms with van der Waals surface area (Å²) in [6.07, 6.45) is 0.539. The molecule has 0 aliphatic carbocycles. The van der Waals surface area contributed by atoms with E-state index in [-0.39, 0.29) is 0 Å². The van der Waals surface area contributed by atoms with E-state index in [0.29, 0.717) is 30.1 Å². The second-order valence-corrected chi connectivity index (χ2v) is 5.10. The van der Waals surface area contributed by atoms with E-state index in [1.54, 1.807) is 19.2 Å². The lowest BCUT2D eigenvalue weighted by Crippen LogP contribution is -2.17. The summed E-state index contributed by atoms with van der Waals surface area (Å²) in [6, 6.07) is 8.94. The number of halogens is 3. The number of ether oxygens (including phenoxy) is 1. The highest BCUT2D eigenvalue weighted by molar-refractivity contribution is 6.30. The van der Waals surface area contributed by atoms with Gasteiger partial charge in [0.2, 0.25) is 0 Å². The molecule has 0 aliphatic heterocycles. The van der Waals surface area contributed by atoms with Crippen molar-refractivity contribution in [1.29, 1.82) is 0 Å². The van der Waals surface area contributed by atoms with Gasteiger partial charge in [-0.3, -0.25) is 0 Å². The molecule has 0 saturated heterocycles. The number of rotatable bonds is 6. The maximum Gasteiger partial charge on any atom is 0.126 e. The minimum absolute atomic E-state index is 0.539. The predicted molar refractivity (Wildman–Crippen MR) is 79.8 cm³/mol. The molecule has 0 atom stereocenters. The van der Waals surface area contributed by atoms with Crippen LogP contribution >= 0.6 is 11.6 Å². The van der Waals surface area contributed by atoms with Crippen LogP contribution in [0.15, 0.2) is 36.4 Å². The Balaban J connectivity index is 1.88. The molecule has 0 fully saturated rings. The highest BCUT2D eigenvalue weighted by Gasteiger charge is 2.04. The Bertz CT molecular complexity index is 599. The molecule has 0 bridgehead atoms. The normalized spacial score (nSPS) is 10.7. The van der Waals surface area contributed by atoms with E-state index >= 15 is 0 Å². The average Bonchev–Trinajstić information content (AvgIpc) is 2.43. The van der Waals surface area contributed by atoms with Crippen molar-refractivity contribution in [2.24, 2.45) is 0 Å². The summed E-state index contributed by atoms with van der Waals surface area (Å²) < 4.78 is 31.4. The molecule has 0 aliphatic rings. The monoisotopic (exact) mass is 311 g/mol. The van der Waals surface area contributed by atoms with E-state index < -0.39 is 11.6 Å². The lowest BCUT2D eigenvalue weighted by Gasteiger charge is -2.10. The standard InChI is InChI=1S/C16H16ClF2NO/c1-21-16-3-2-13(17)8-12(16)10-20-5-4-11-6-14(18)9-15(19)7-11/h2-3,6-9,20H,4-5,10H2,1H3. The lowest BCUT2D eigenvalue weighted by atomic mass is 10.1. The highest BCUT2D eigenvalue weighted by Crippen LogP contribution is 2.22. The van der Waals surface area contributed by atoms with Crippen LogP contribution in [0.2, 0.25) is 5.02 Å². The summed E-state index contributed by atoms with van der Waals surface area (Å²) in [6.45, 7) is 1.17. The van der Waals surface area contributed by atoms with Crippen LogP contribution in [0, 0.1) is 11.6 Å². The zero-order valence-electron chi connectivity index (χ0n) is 11.6. The Hall–Kier alpha value is -1.65. The SMILES string of the molecule is COc1ccc(Cl)cc1CNCCc1cc(F)cc(F)c1. The predicted octanol–water partition coefficient (Wildman–Crippen LogP) is 3.96. The van der Waals surface area contributed by atoms with E-state index in [1.807, 2.05) is 6.07 Å². The molecule has 2 aromatic rings. The van der Waals surface area contributed by atoms with Gasteiger partial charge in [0.15, 0.2) is 0 Å². The zero-order valence-corrected chi connectivity index (χ0v) is 12.4. The third-order valence-corrected chi connectivity index (χ3v) is 3.31. The Morgan fingerprint density at radius 3 is 2.48 bits per heavy atom. The third-order valence-electron chi connectivity index (χ3n) is 3.07. The molecule has 0 unspecified atom stereocenters. The van der Waals surface area contributed by atoms with E-state index in [0.717, 1.165) is 17.4 Å². The number of methoxy groups -OCH3 is 1. The molecule has 0 aromatic heterocycles. The maximum atomic E-state index is 13.1. The first-order valence-electron chi connectivity index (χ1n) is 6.56. The molecule has 21 heavy (non-hydrogen) atoms. The molecule has 2 nitrogen and oxygen atoms in total. The first-order chi connectivity index (χ1) is 10.1. The van der Waals surface area contributed by atoms with Crippen LogP contribution in [0.25, 0.3) is 0 Å². The van der Waals surface area contributed by atoms with Gasteiger partial charge in [-0.15, -0.1) is 0 Å². The Morgan fingerprint density at radius 2 is 1.81 bits per heavy atom. The minimum atomic E-state index is -0.554. The topological polar surface area (TPSA) is 21.3 Å². The number of hydrogen-bond donors (Lipinski definition) is 1. The smallest absolute Gasteiger partial charge is 0.126 e. The van der Waals surface area contributed by atoms with Crippen LogP contribution in [0.1, 0.15) is 11.1 Å². The van der Waals surface area contributed by atoms with Gasteiger partial charge in [0.1, 0.15) is 17.4 Å². The molecular formula is C16H16ClF2NO. The summed E-state index contributed by atoms with van der Waals surface area (Å²) in [5.41, 5.74) is 1.56. The van der Waals surface area contributed by atoms with Crippen LogP contribution in [0.5, 0.6) is 5.75 Å². The van der Waals surface area contributed by atoms with Crippen molar-refractivity contribution in [3.05, 3.63) is 64.2 Å². The van der Waals surface area contributed by atoms with E-state index in [9.17, 15) is 8.78 Å². The number of hydrogen-bond acceptors (Lipinski definition) is 2.